The molecule has 0 aliphatic heterocycles. The van der Waals surface area contributed by atoms with Crippen molar-refractivity contribution in [1.82, 2.24) is 4.90 Å². The van der Waals surface area contributed by atoms with Crippen molar-refractivity contribution in [2.45, 2.75) is 26.1 Å². The standard InChI is InChI=1S/C18H19BrF2N2O2/c1-12(17(24)22-15-7-5-14(19)6-8-15)23(2)11-13-3-9-16(10-4-13)25-18(20)21/h3-10,12,18H,11H2,1-2H3,(H,22,24)/t12-/m0/s1. The molecular weight excluding hydrogens is 394 g/mol. The molecule has 0 radical (unpaired) electrons. The molecule has 4 nitrogen and oxygen atoms in total. The first-order valence-corrected chi connectivity index (χ1v) is 8.45. The largest absolute Gasteiger partial charge is 0.435 e. The summed E-state index contributed by atoms with van der Waals surface area (Å²) in [5.41, 5.74) is 1.62. The van der Waals surface area contributed by atoms with E-state index in [1.54, 1.807) is 12.1 Å². The van der Waals surface area contributed by atoms with Crippen molar-refractivity contribution in [3.63, 3.8) is 0 Å². The molecular formula is C18H19BrF2N2O2. The van der Waals surface area contributed by atoms with E-state index in [2.05, 4.69) is 26.0 Å². The van der Waals surface area contributed by atoms with E-state index >= 15 is 0 Å². The lowest BCUT2D eigenvalue weighted by molar-refractivity contribution is -0.120. The van der Waals surface area contributed by atoms with Crippen LogP contribution >= 0.6 is 15.9 Å². The fraction of sp³-hybridized carbons (Fsp3) is 0.278. The number of nitrogens with one attached hydrogen (secondary N) is 1. The minimum atomic E-state index is -2.84. The quantitative estimate of drug-likeness (QED) is 0.727. The van der Waals surface area contributed by atoms with E-state index in [4.69, 9.17) is 0 Å². The first kappa shape index (κ1) is 19.3. The predicted molar refractivity (Wildman–Crippen MR) is 96.8 cm³/mol. The first-order chi connectivity index (χ1) is 11.8. The Hall–Kier alpha value is -1.99. The molecule has 1 amide bonds. The van der Waals surface area contributed by atoms with E-state index in [-0.39, 0.29) is 17.7 Å². The van der Waals surface area contributed by atoms with Gasteiger partial charge in [0.05, 0.1) is 6.04 Å². The van der Waals surface area contributed by atoms with Crippen LogP contribution in [0.2, 0.25) is 0 Å². The minimum absolute atomic E-state index is 0.113. The number of alkyl halides is 2. The van der Waals surface area contributed by atoms with Gasteiger partial charge < -0.3 is 10.1 Å². The highest BCUT2D eigenvalue weighted by atomic mass is 79.9. The average molecular weight is 413 g/mol. The zero-order valence-corrected chi connectivity index (χ0v) is 15.5. The van der Waals surface area contributed by atoms with Crippen molar-refractivity contribution in [2.75, 3.05) is 12.4 Å². The number of likely N-dealkylation sites (N-methyl/N-ethyl adjacent to an activating group) is 1. The molecule has 134 valence electrons. The van der Waals surface area contributed by atoms with Crippen LogP contribution in [-0.2, 0) is 11.3 Å². The highest BCUT2D eigenvalue weighted by molar-refractivity contribution is 9.10. The summed E-state index contributed by atoms with van der Waals surface area (Å²) in [5.74, 6) is -0.00934. The van der Waals surface area contributed by atoms with Crippen molar-refractivity contribution in [3.8, 4) is 5.75 Å². The van der Waals surface area contributed by atoms with E-state index in [1.807, 2.05) is 43.1 Å². The summed E-state index contributed by atoms with van der Waals surface area (Å²) in [7, 11) is 1.83. The third kappa shape index (κ3) is 6.10. The molecule has 2 rings (SSSR count). The molecule has 0 fully saturated rings. The van der Waals surface area contributed by atoms with Crippen LogP contribution in [0.4, 0.5) is 14.5 Å². The van der Waals surface area contributed by atoms with Gasteiger partial charge >= 0.3 is 6.61 Å². The maximum absolute atomic E-state index is 12.3. The van der Waals surface area contributed by atoms with E-state index in [1.165, 1.54) is 12.1 Å². The van der Waals surface area contributed by atoms with Crippen molar-refractivity contribution in [2.24, 2.45) is 0 Å². The highest BCUT2D eigenvalue weighted by Crippen LogP contribution is 2.17. The number of anilines is 1. The summed E-state index contributed by atoms with van der Waals surface area (Å²) in [6.07, 6.45) is 0. The average Bonchev–Trinajstić information content (AvgIpc) is 2.57. The Morgan fingerprint density at radius 2 is 1.76 bits per heavy atom. The van der Waals surface area contributed by atoms with Crippen LogP contribution in [0.5, 0.6) is 5.75 Å². The Morgan fingerprint density at radius 3 is 2.32 bits per heavy atom. The molecule has 1 N–H and O–H groups in total. The Labute approximate surface area is 153 Å². The molecule has 0 bridgehead atoms. The van der Waals surface area contributed by atoms with Crippen LogP contribution < -0.4 is 10.1 Å². The molecule has 0 aromatic heterocycles. The molecule has 2 aromatic rings. The van der Waals surface area contributed by atoms with Crippen LogP contribution in [0.3, 0.4) is 0 Å². The van der Waals surface area contributed by atoms with Crippen LogP contribution in [0.25, 0.3) is 0 Å². The maximum atomic E-state index is 12.3. The zero-order chi connectivity index (χ0) is 18.4. The Bertz CT molecular complexity index is 693. The summed E-state index contributed by atoms with van der Waals surface area (Å²) in [4.78, 5) is 14.2. The molecule has 0 aliphatic carbocycles. The molecule has 2 aromatic carbocycles. The van der Waals surface area contributed by atoms with E-state index in [0.29, 0.717) is 6.54 Å². The zero-order valence-electron chi connectivity index (χ0n) is 13.9. The van der Waals surface area contributed by atoms with Gasteiger partial charge in [0.2, 0.25) is 5.91 Å². The summed E-state index contributed by atoms with van der Waals surface area (Å²) >= 11 is 3.35. The second-order valence-electron chi connectivity index (χ2n) is 5.61. The number of benzene rings is 2. The summed E-state index contributed by atoms with van der Waals surface area (Å²) in [6, 6.07) is 13.4. The van der Waals surface area contributed by atoms with Crippen LogP contribution in [0, 0.1) is 0 Å². The number of ether oxygens (including phenoxy) is 1. The van der Waals surface area contributed by atoms with Crippen molar-refractivity contribution >= 4 is 27.5 Å². The molecule has 0 spiro atoms. The third-order valence-electron chi connectivity index (χ3n) is 3.73. The van der Waals surface area contributed by atoms with Gasteiger partial charge in [0.15, 0.2) is 0 Å². The molecule has 7 heteroatoms. The molecule has 0 unspecified atom stereocenters. The number of nitrogens with zero attached hydrogens (tertiary/aromatic N) is 1. The molecule has 0 saturated carbocycles. The van der Waals surface area contributed by atoms with Crippen LogP contribution in [0.1, 0.15) is 12.5 Å². The topological polar surface area (TPSA) is 41.6 Å². The highest BCUT2D eigenvalue weighted by Gasteiger charge is 2.18. The smallest absolute Gasteiger partial charge is 0.387 e. The van der Waals surface area contributed by atoms with Gasteiger partial charge in [-0.15, -0.1) is 0 Å². The predicted octanol–water partition coefficient (Wildman–Crippen LogP) is 4.51. The number of carbonyl (C=O) groups is 1. The molecule has 0 heterocycles. The molecule has 25 heavy (non-hydrogen) atoms. The fourth-order valence-electron chi connectivity index (χ4n) is 2.18. The summed E-state index contributed by atoms with van der Waals surface area (Å²) in [5, 5.41) is 2.86. The minimum Gasteiger partial charge on any atom is -0.435 e. The van der Waals surface area contributed by atoms with Gasteiger partial charge in [-0.3, -0.25) is 9.69 Å². The van der Waals surface area contributed by atoms with E-state index in [9.17, 15) is 13.6 Å². The second kappa shape index (κ2) is 8.92. The van der Waals surface area contributed by atoms with Gasteiger partial charge in [-0.2, -0.15) is 8.78 Å². The number of hydrogen-bond donors (Lipinski definition) is 1. The van der Waals surface area contributed by atoms with Gasteiger partial charge in [-0.1, -0.05) is 28.1 Å². The number of rotatable bonds is 7. The summed E-state index contributed by atoms with van der Waals surface area (Å²) < 4.78 is 29.6. The number of amides is 1. The maximum Gasteiger partial charge on any atom is 0.387 e. The Balaban J connectivity index is 1.91. The summed E-state index contributed by atoms with van der Waals surface area (Å²) in [6.45, 7) is -0.525. The normalized spacial score (nSPS) is 12.3. The van der Waals surface area contributed by atoms with Gasteiger partial charge in [-0.25, -0.2) is 0 Å². The van der Waals surface area contributed by atoms with Gasteiger partial charge in [0, 0.05) is 16.7 Å². The first-order valence-electron chi connectivity index (χ1n) is 7.65. The Kier molecular flexibility index (Phi) is 6.90. The lowest BCUT2D eigenvalue weighted by Crippen LogP contribution is -2.39. The van der Waals surface area contributed by atoms with Crippen molar-refractivity contribution in [3.05, 3.63) is 58.6 Å². The van der Waals surface area contributed by atoms with Gasteiger partial charge in [0.25, 0.3) is 0 Å². The van der Waals surface area contributed by atoms with Crippen molar-refractivity contribution in [1.29, 1.82) is 0 Å². The number of hydrogen-bond acceptors (Lipinski definition) is 3. The van der Waals surface area contributed by atoms with Crippen LogP contribution in [-0.4, -0.2) is 30.5 Å². The van der Waals surface area contributed by atoms with Gasteiger partial charge in [-0.05, 0) is 55.9 Å². The monoisotopic (exact) mass is 412 g/mol. The van der Waals surface area contributed by atoms with E-state index < -0.39 is 6.61 Å². The lowest BCUT2D eigenvalue weighted by atomic mass is 10.1. The lowest BCUT2D eigenvalue weighted by Gasteiger charge is -2.24. The third-order valence-corrected chi connectivity index (χ3v) is 4.26. The van der Waals surface area contributed by atoms with Crippen molar-refractivity contribution < 1.29 is 18.3 Å². The fourth-order valence-corrected chi connectivity index (χ4v) is 2.45. The van der Waals surface area contributed by atoms with Gasteiger partial charge in [0.1, 0.15) is 5.75 Å². The number of carbonyl (C=O) groups excluding carboxylic acids is 1. The molecule has 1 atom stereocenters. The Morgan fingerprint density at radius 1 is 1.16 bits per heavy atom. The molecule has 0 aliphatic rings. The van der Waals surface area contributed by atoms with E-state index in [0.717, 1.165) is 15.7 Å². The van der Waals surface area contributed by atoms with Crippen LogP contribution in [0.15, 0.2) is 53.0 Å². The second-order valence-corrected chi connectivity index (χ2v) is 6.53. The molecule has 0 saturated heterocycles. The number of halogens is 3. The SMILES string of the molecule is C[C@@H](C(=O)Nc1ccc(Br)cc1)N(C)Cc1ccc(OC(F)F)cc1.